The van der Waals surface area contributed by atoms with Gasteiger partial charge in [0.2, 0.25) is 5.91 Å². The molecule has 1 amide bonds. The molecule has 3 aromatic rings. The standard InChI is InChI=1S/C20H21N3OS3/c1-12-9-10-16(14(3)11-12)21-18(24)15(4)26-19-22-23(20(25)27-19)17-8-6-5-7-13(17)2/h5-11,15H,1-4H3,(H,21,24)/t15-/m1/s1. The average Bonchev–Trinajstić information content (AvgIpc) is 2.97. The van der Waals surface area contributed by atoms with Gasteiger partial charge in [-0.25, -0.2) is 4.68 Å². The van der Waals surface area contributed by atoms with Gasteiger partial charge in [-0.3, -0.25) is 4.79 Å². The number of amides is 1. The molecule has 0 aliphatic carbocycles. The highest BCUT2D eigenvalue weighted by atomic mass is 32.2. The Morgan fingerprint density at radius 2 is 1.93 bits per heavy atom. The summed E-state index contributed by atoms with van der Waals surface area (Å²) < 4.78 is 3.23. The molecule has 1 aromatic heterocycles. The van der Waals surface area contributed by atoms with E-state index < -0.39 is 0 Å². The van der Waals surface area contributed by atoms with E-state index >= 15 is 0 Å². The van der Waals surface area contributed by atoms with Crippen LogP contribution in [-0.2, 0) is 4.79 Å². The summed E-state index contributed by atoms with van der Waals surface area (Å²) >= 11 is 8.32. The summed E-state index contributed by atoms with van der Waals surface area (Å²) in [6, 6.07) is 14.0. The minimum Gasteiger partial charge on any atom is -0.325 e. The fourth-order valence-electron chi connectivity index (χ4n) is 2.65. The van der Waals surface area contributed by atoms with Crippen molar-refractivity contribution < 1.29 is 4.79 Å². The van der Waals surface area contributed by atoms with Crippen LogP contribution in [0.3, 0.4) is 0 Å². The molecular weight excluding hydrogens is 394 g/mol. The zero-order valence-corrected chi connectivity index (χ0v) is 18.1. The van der Waals surface area contributed by atoms with Crippen LogP contribution in [0, 0.1) is 24.7 Å². The zero-order valence-electron chi connectivity index (χ0n) is 15.6. The molecule has 2 aromatic carbocycles. The van der Waals surface area contributed by atoms with E-state index in [0.29, 0.717) is 3.95 Å². The third-order valence-corrected chi connectivity index (χ3v) is 6.58. The molecule has 4 nitrogen and oxygen atoms in total. The lowest BCUT2D eigenvalue weighted by Gasteiger charge is -2.12. The van der Waals surface area contributed by atoms with Crippen LogP contribution in [0.15, 0.2) is 46.8 Å². The summed E-state index contributed by atoms with van der Waals surface area (Å²) in [4.78, 5) is 12.6. The van der Waals surface area contributed by atoms with Crippen LogP contribution in [0.5, 0.6) is 0 Å². The first-order valence-electron chi connectivity index (χ1n) is 8.56. The van der Waals surface area contributed by atoms with E-state index in [-0.39, 0.29) is 11.2 Å². The molecule has 0 saturated carbocycles. The molecule has 1 atom stereocenters. The number of aryl methyl sites for hydroxylation is 3. The molecule has 0 radical (unpaired) electrons. The van der Waals surface area contributed by atoms with Crippen molar-refractivity contribution in [2.75, 3.05) is 5.32 Å². The van der Waals surface area contributed by atoms with Crippen LogP contribution in [0.25, 0.3) is 5.69 Å². The number of benzene rings is 2. The molecule has 0 aliphatic heterocycles. The summed E-state index contributed by atoms with van der Waals surface area (Å²) in [5.41, 5.74) is 5.15. The van der Waals surface area contributed by atoms with Gasteiger partial charge >= 0.3 is 0 Å². The van der Waals surface area contributed by atoms with Crippen molar-refractivity contribution in [3.63, 3.8) is 0 Å². The minimum absolute atomic E-state index is 0.0458. The summed E-state index contributed by atoms with van der Waals surface area (Å²) in [5.74, 6) is -0.0458. The highest BCUT2D eigenvalue weighted by Crippen LogP contribution is 2.29. The minimum atomic E-state index is -0.281. The monoisotopic (exact) mass is 415 g/mol. The van der Waals surface area contributed by atoms with Crippen LogP contribution < -0.4 is 5.32 Å². The van der Waals surface area contributed by atoms with E-state index in [0.717, 1.165) is 26.8 Å². The molecular formula is C20H21N3OS3. The highest BCUT2D eigenvalue weighted by molar-refractivity contribution is 8.02. The van der Waals surface area contributed by atoms with Gasteiger partial charge < -0.3 is 5.32 Å². The van der Waals surface area contributed by atoms with Gasteiger partial charge in [0.25, 0.3) is 0 Å². The van der Waals surface area contributed by atoms with Crippen molar-refractivity contribution in [3.8, 4) is 5.69 Å². The Morgan fingerprint density at radius 1 is 1.19 bits per heavy atom. The molecule has 27 heavy (non-hydrogen) atoms. The Balaban J connectivity index is 1.73. The molecule has 3 rings (SSSR count). The maximum atomic E-state index is 12.6. The summed E-state index contributed by atoms with van der Waals surface area (Å²) in [6.45, 7) is 7.95. The van der Waals surface area contributed by atoms with Gasteiger partial charge in [0.05, 0.1) is 10.9 Å². The first-order chi connectivity index (χ1) is 12.8. The van der Waals surface area contributed by atoms with Gasteiger partial charge in [-0.2, -0.15) is 0 Å². The lowest BCUT2D eigenvalue weighted by Crippen LogP contribution is -2.22. The molecule has 1 heterocycles. The second-order valence-electron chi connectivity index (χ2n) is 6.40. The van der Waals surface area contributed by atoms with E-state index in [1.165, 1.54) is 28.7 Å². The van der Waals surface area contributed by atoms with E-state index in [1.807, 2.05) is 64.1 Å². The molecule has 1 N–H and O–H groups in total. The zero-order chi connectivity index (χ0) is 19.6. The van der Waals surface area contributed by atoms with E-state index in [1.54, 1.807) is 4.68 Å². The Labute approximate surface area is 172 Å². The second kappa shape index (κ2) is 8.37. The molecule has 0 fully saturated rings. The number of anilines is 1. The molecule has 0 aliphatic rings. The number of nitrogens with zero attached hydrogens (tertiary/aromatic N) is 2. The van der Waals surface area contributed by atoms with Gasteiger partial charge in [0, 0.05) is 5.69 Å². The normalized spacial score (nSPS) is 12.0. The molecule has 0 unspecified atom stereocenters. The lowest BCUT2D eigenvalue weighted by molar-refractivity contribution is -0.115. The number of carbonyl (C=O) groups excluding carboxylic acids is 1. The van der Waals surface area contributed by atoms with Gasteiger partial charge in [-0.1, -0.05) is 59.0 Å². The van der Waals surface area contributed by atoms with Crippen LogP contribution >= 0.6 is 35.3 Å². The first kappa shape index (κ1) is 19.8. The van der Waals surface area contributed by atoms with Crippen LogP contribution in [0.2, 0.25) is 0 Å². The third-order valence-electron chi connectivity index (χ3n) is 4.16. The number of aromatic nitrogens is 2. The van der Waals surface area contributed by atoms with Crippen LogP contribution in [0.4, 0.5) is 5.69 Å². The predicted octanol–water partition coefficient (Wildman–Crippen LogP) is 5.71. The third kappa shape index (κ3) is 4.66. The Kier molecular flexibility index (Phi) is 6.14. The van der Waals surface area contributed by atoms with Crippen molar-refractivity contribution in [2.45, 2.75) is 37.3 Å². The number of hydrogen-bond acceptors (Lipinski definition) is 5. The van der Waals surface area contributed by atoms with Gasteiger partial charge in [0.1, 0.15) is 0 Å². The van der Waals surface area contributed by atoms with Crippen molar-refractivity contribution in [1.82, 2.24) is 9.78 Å². The Hall–Kier alpha value is -1.96. The summed E-state index contributed by atoms with van der Waals surface area (Å²) in [7, 11) is 0. The Morgan fingerprint density at radius 3 is 2.63 bits per heavy atom. The number of para-hydroxylation sites is 1. The van der Waals surface area contributed by atoms with Gasteiger partial charge in [-0.15, -0.1) is 5.10 Å². The van der Waals surface area contributed by atoms with E-state index in [2.05, 4.69) is 16.5 Å². The van der Waals surface area contributed by atoms with E-state index in [9.17, 15) is 4.79 Å². The number of thioether (sulfide) groups is 1. The number of rotatable bonds is 5. The van der Waals surface area contributed by atoms with Gasteiger partial charge in [0.15, 0.2) is 8.29 Å². The number of nitrogens with one attached hydrogen (secondary N) is 1. The highest BCUT2D eigenvalue weighted by Gasteiger charge is 2.18. The maximum absolute atomic E-state index is 12.6. The summed E-state index contributed by atoms with van der Waals surface area (Å²) in [6.07, 6.45) is 0. The smallest absolute Gasteiger partial charge is 0.237 e. The molecule has 7 heteroatoms. The van der Waals surface area contributed by atoms with Crippen molar-refractivity contribution >= 4 is 46.9 Å². The Bertz CT molecular complexity index is 1040. The van der Waals surface area contributed by atoms with Crippen molar-refractivity contribution in [1.29, 1.82) is 0 Å². The second-order valence-corrected chi connectivity index (χ2v) is 9.61. The largest absolute Gasteiger partial charge is 0.325 e. The quantitative estimate of drug-likeness (QED) is 0.428. The maximum Gasteiger partial charge on any atom is 0.237 e. The predicted molar refractivity (Wildman–Crippen MR) is 117 cm³/mol. The SMILES string of the molecule is Cc1ccc(NC(=O)[C@@H](C)Sc2nn(-c3ccccc3C)c(=S)s2)c(C)c1. The van der Waals surface area contributed by atoms with Crippen molar-refractivity contribution in [2.24, 2.45) is 0 Å². The average molecular weight is 416 g/mol. The van der Waals surface area contributed by atoms with Gasteiger partial charge in [-0.05, 0) is 63.2 Å². The number of carbonyl (C=O) groups is 1. The molecule has 0 spiro atoms. The first-order valence-corrected chi connectivity index (χ1v) is 10.7. The topological polar surface area (TPSA) is 46.9 Å². The number of hydrogen-bond donors (Lipinski definition) is 1. The lowest BCUT2D eigenvalue weighted by atomic mass is 10.1. The molecule has 0 bridgehead atoms. The van der Waals surface area contributed by atoms with E-state index in [4.69, 9.17) is 12.2 Å². The fraction of sp³-hybridized carbons (Fsp3) is 0.250. The molecule has 0 saturated heterocycles. The fourth-order valence-corrected chi connectivity index (χ4v) is 5.15. The summed E-state index contributed by atoms with van der Waals surface area (Å²) in [5, 5.41) is 7.34. The van der Waals surface area contributed by atoms with Crippen molar-refractivity contribution in [3.05, 3.63) is 63.1 Å². The van der Waals surface area contributed by atoms with Crippen LogP contribution in [0.1, 0.15) is 23.6 Å². The van der Waals surface area contributed by atoms with Crippen LogP contribution in [-0.4, -0.2) is 20.9 Å². The molecule has 140 valence electrons.